The van der Waals surface area contributed by atoms with E-state index in [1.54, 1.807) is 12.1 Å². The van der Waals surface area contributed by atoms with Crippen LogP contribution in [0.3, 0.4) is 0 Å². The van der Waals surface area contributed by atoms with Crippen LogP contribution in [-0.4, -0.2) is 80.8 Å². The molecule has 2 rings (SSSR count). The molecule has 40 heavy (non-hydrogen) atoms. The van der Waals surface area contributed by atoms with E-state index in [1.165, 1.54) is 36.4 Å². The molecule has 14 heteroatoms. The highest BCUT2D eigenvalue weighted by molar-refractivity contribution is 5.94. The monoisotopic (exact) mass is 559 g/mol. The number of aliphatic hydroxyl groups is 1. The molecule has 0 saturated carbocycles. The Bertz CT molecular complexity index is 1190. The van der Waals surface area contributed by atoms with E-state index in [2.05, 4.69) is 16.0 Å². The van der Waals surface area contributed by atoms with Gasteiger partial charge in [-0.15, -0.1) is 0 Å². The molecule has 0 aromatic heterocycles. The predicted octanol–water partition coefficient (Wildman–Crippen LogP) is -1.99. The normalized spacial score (nSPS) is 13.8. The molecule has 216 valence electrons. The first-order valence-electron chi connectivity index (χ1n) is 12.2. The van der Waals surface area contributed by atoms with Gasteiger partial charge in [-0.3, -0.25) is 19.2 Å². The maximum Gasteiger partial charge on any atom is 0.326 e. The Kier molecular flexibility index (Phi) is 11.9. The minimum absolute atomic E-state index is 0.0222. The van der Waals surface area contributed by atoms with Gasteiger partial charge in [0.2, 0.25) is 23.6 Å². The predicted molar refractivity (Wildman–Crippen MR) is 141 cm³/mol. The maximum absolute atomic E-state index is 13.2. The van der Waals surface area contributed by atoms with E-state index in [9.17, 15) is 44.4 Å². The topological polar surface area (TPSA) is 254 Å². The lowest BCUT2D eigenvalue weighted by molar-refractivity contribution is -0.143. The first-order valence-corrected chi connectivity index (χ1v) is 12.2. The Morgan fingerprint density at radius 1 is 0.700 bits per heavy atom. The summed E-state index contributed by atoms with van der Waals surface area (Å²) in [7, 11) is 0. The van der Waals surface area contributed by atoms with Crippen molar-refractivity contribution in [2.24, 2.45) is 11.5 Å². The number of carbonyl (C=O) groups excluding carboxylic acids is 4. The van der Waals surface area contributed by atoms with Gasteiger partial charge in [0, 0.05) is 12.8 Å². The third-order valence-electron chi connectivity index (χ3n) is 5.85. The van der Waals surface area contributed by atoms with Crippen molar-refractivity contribution in [1.29, 1.82) is 0 Å². The number of nitrogens with one attached hydrogen (secondary N) is 3. The standard InChI is InChI=1S/C26H33N5O9/c27-18(11-14-1-5-16(33)6-2-14)23(36)30-20(12-15-3-7-17(34)8-4-15)24(37)31-21(13-32)25(38)29-19(26(39)40)9-10-22(28)35/h1-8,18-21,32-34H,9-13,27H2,(H2,28,35)(H,29,38)(H,30,36)(H,31,37)(H,39,40). The van der Waals surface area contributed by atoms with Crippen LogP contribution in [-0.2, 0) is 36.8 Å². The van der Waals surface area contributed by atoms with E-state index in [4.69, 9.17) is 11.5 Å². The van der Waals surface area contributed by atoms with Crippen LogP contribution in [0.4, 0.5) is 0 Å². The molecule has 2 aromatic rings. The van der Waals surface area contributed by atoms with Crippen LogP contribution in [0.1, 0.15) is 24.0 Å². The molecule has 0 radical (unpaired) electrons. The number of aromatic hydroxyl groups is 2. The summed E-state index contributed by atoms with van der Waals surface area (Å²) < 4.78 is 0. The van der Waals surface area contributed by atoms with Crippen LogP contribution in [0, 0.1) is 0 Å². The van der Waals surface area contributed by atoms with Crippen molar-refractivity contribution < 1.29 is 44.4 Å². The third kappa shape index (κ3) is 10.2. The number of carboxylic acid groups (broad SMARTS) is 1. The molecule has 4 amide bonds. The summed E-state index contributed by atoms with van der Waals surface area (Å²) in [4.78, 5) is 61.1. The van der Waals surface area contributed by atoms with Crippen LogP contribution in [0.5, 0.6) is 11.5 Å². The van der Waals surface area contributed by atoms with Crippen molar-refractivity contribution in [2.75, 3.05) is 6.61 Å². The number of benzene rings is 2. The third-order valence-corrected chi connectivity index (χ3v) is 5.85. The first kappa shape index (κ1) is 31.5. The average molecular weight is 560 g/mol. The number of primary amides is 1. The molecule has 11 N–H and O–H groups in total. The van der Waals surface area contributed by atoms with Gasteiger partial charge in [0.15, 0.2) is 0 Å². The first-order chi connectivity index (χ1) is 18.9. The summed E-state index contributed by atoms with van der Waals surface area (Å²) in [5.41, 5.74) is 12.2. The van der Waals surface area contributed by atoms with Crippen LogP contribution in [0.15, 0.2) is 48.5 Å². The number of phenolic OH excluding ortho intramolecular Hbond substituents is 2. The van der Waals surface area contributed by atoms with Gasteiger partial charge in [0.1, 0.15) is 29.6 Å². The Hall–Kier alpha value is -4.69. The van der Waals surface area contributed by atoms with Crippen molar-refractivity contribution >= 4 is 29.6 Å². The summed E-state index contributed by atoms with van der Waals surface area (Å²) in [5.74, 6) is -4.82. The van der Waals surface area contributed by atoms with E-state index >= 15 is 0 Å². The molecule has 14 nitrogen and oxygen atoms in total. The minimum Gasteiger partial charge on any atom is -0.508 e. The summed E-state index contributed by atoms with van der Waals surface area (Å²) in [6.45, 7) is -0.903. The average Bonchev–Trinajstić information content (AvgIpc) is 2.91. The van der Waals surface area contributed by atoms with E-state index in [0.717, 1.165) is 0 Å². The van der Waals surface area contributed by atoms with E-state index < -0.39 is 60.4 Å². The number of hydrogen-bond donors (Lipinski definition) is 9. The van der Waals surface area contributed by atoms with Gasteiger partial charge < -0.3 is 47.8 Å². The lowest BCUT2D eigenvalue weighted by atomic mass is 10.0. The highest BCUT2D eigenvalue weighted by atomic mass is 16.4. The van der Waals surface area contributed by atoms with Crippen LogP contribution < -0.4 is 27.4 Å². The fourth-order valence-electron chi connectivity index (χ4n) is 3.62. The molecular weight excluding hydrogens is 526 g/mol. The van der Waals surface area contributed by atoms with Gasteiger partial charge in [-0.05, 0) is 48.2 Å². The quantitative estimate of drug-likeness (QED) is 0.116. The number of nitrogens with two attached hydrogens (primary N) is 2. The highest BCUT2D eigenvalue weighted by Crippen LogP contribution is 2.13. The van der Waals surface area contributed by atoms with E-state index in [0.29, 0.717) is 11.1 Å². The van der Waals surface area contributed by atoms with Gasteiger partial charge in [0.05, 0.1) is 12.6 Å². The Morgan fingerprint density at radius 3 is 1.62 bits per heavy atom. The number of aliphatic carboxylic acids is 1. The minimum atomic E-state index is -1.59. The van der Waals surface area contributed by atoms with Crippen molar-refractivity contribution in [3.63, 3.8) is 0 Å². The summed E-state index contributed by atoms with van der Waals surface area (Å²) in [5, 5.41) is 45.0. The van der Waals surface area contributed by atoms with Crippen LogP contribution in [0.25, 0.3) is 0 Å². The number of amides is 4. The molecule has 0 spiro atoms. The van der Waals surface area contributed by atoms with Crippen molar-refractivity contribution in [2.45, 2.75) is 49.9 Å². The van der Waals surface area contributed by atoms with Crippen LogP contribution in [0.2, 0.25) is 0 Å². The number of hydrogen-bond acceptors (Lipinski definition) is 9. The molecule has 0 aliphatic heterocycles. The van der Waals surface area contributed by atoms with Crippen molar-refractivity contribution in [3.05, 3.63) is 59.7 Å². The van der Waals surface area contributed by atoms with Crippen molar-refractivity contribution in [1.82, 2.24) is 16.0 Å². The lowest BCUT2D eigenvalue weighted by Crippen LogP contribution is -2.58. The van der Waals surface area contributed by atoms with E-state index in [1.807, 2.05) is 0 Å². The zero-order chi connectivity index (χ0) is 29.8. The number of rotatable bonds is 15. The van der Waals surface area contributed by atoms with Gasteiger partial charge >= 0.3 is 5.97 Å². The lowest BCUT2D eigenvalue weighted by Gasteiger charge is -2.24. The van der Waals surface area contributed by atoms with Crippen LogP contribution >= 0.6 is 0 Å². The molecule has 0 aliphatic carbocycles. The molecule has 2 aromatic carbocycles. The molecule has 4 atom stereocenters. The second kappa shape index (κ2) is 15.0. The Morgan fingerprint density at radius 2 is 1.15 bits per heavy atom. The molecule has 0 bridgehead atoms. The molecule has 0 heterocycles. The molecule has 4 unspecified atom stereocenters. The molecule has 0 aliphatic rings. The number of aliphatic hydroxyl groups excluding tert-OH is 1. The molecule has 0 fully saturated rings. The summed E-state index contributed by atoms with van der Waals surface area (Å²) in [6.07, 6.45) is -0.622. The second-order valence-electron chi connectivity index (χ2n) is 9.06. The Labute approximate surface area is 229 Å². The number of phenols is 2. The number of carboxylic acids is 1. The molecular formula is C26H33N5O9. The summed E-state index contributed by atoms with van der Waals surface area (Å²) in [6, 6.07) is 6.37. The summed E-state index contributed by atoms with van der Waals surface area (Å²) >= 11 is 0. The van der Waals surface area contributed by atoms with E-state index in [-0.39, 0.29) is 37.2 Å². The van der Waals surface area contributed by atoms with Gasteiger partial charge in [-0.2, -0.15) is 0 Å². The largest absolute Gasteiger partial charge is 0.508 e. The maximum atomic E-state index is 13.2. The Balaban J connectivity index is 2.16. The zero-order valence-corrected chi connectivity index (χ0v) is 21.4. The fraction of sp³-hybridized carbons (Fsp3) is 0.346. The van der Waals surface area contributed by atoms with Gasteiger partial charge in [-0.1, -0.05) is 24.3 Å². The second-order valence-corrected chi connectivity index (χ2v) is 9.06. The smallest absolute Gasteiger partial charge is 0.326 e. The van der Waals surface area contributed by atoms with Gasteiger partial charge in [-0.25, -0.2) is 4.79 Å². The zero-order valence-electron chi connectivity index (χ0n) is 21.4. The van der Waals surface area contributed by atoms with Crippen molar-refractivity contribution in [3.8, 4) is 11.5 Å². The highest BCUT2D eigenvalue weighted by Gasteiger charge is 2.30. The van der Waals surface area contributed by atoms with Gasteiger partial charge in [0.25, 0.3) is 0 Å². The molecule has 0 saturated heterocycles. The fourth-order valence-corrected chi connectivity index (χ4v) is 3.62. The SMILES string of the molecule is NC(=O)CCC(NC(=O)C(CO)NC(=O)C(Cc1ccc(O)cc1)NC(=O)C(N)Cc1ccc(O)cc1)C(=O)O. The number of carbonyl (C=O) groups is 5.